The van der Waals surface area contributed by atoms with Gasteiger partial charge in [0.1, 0.15) is 0 Å². The Hall–Kier alpha value is -1.65. The Kier molecular flexibility index (Phi) is 6.64. The summed E-state index contributed by atoms with van der Waals surface area (Å²) in [5, 5.41) is 3.30. The number of amides is 2. The van der Waals surface area contributed by atoms with Gasteiger partial charge in [-0.1, -0.05) is 22.9 Å². The van der Waals surface area contributed by atoms with Crippen molar-refractivity contribution in [2.24, 2.45) is 0 Å². The van der Waals surface area contributed by atoms with E-state index < -0.39 is 6.09 Å². The largest absolute Gasteiger partial charge is 0.413 e. The van der Waals surface area contributed by atoms with E-state index in [1.165, 1.54) is 21.8 Å². The Morgan fingerprint density at radius 3 is 2.90 bits per heavy atom. The molecule has 2 aromatic heterocycles. The third-order valence-electron chi connectivity index (χ3n) is 5.38. The van der Waals surface area contributed by atoms with Crippen LogP contribution in [0.3, 0.4) is 0 Å². The fourth-order valence-electron chi connectivity index (χ4n) is 3.95. The van der Waals surface area contributed by atoms with Gasteiger partial charge in [-0.05, 0) is 43.7 Å². The standard InChI is InChI=1S/C20H24ClN3O4S2/c1-23-6-5-12-7-15(29-16(12)10-23)19(25)24-9-13(8-14(24)11-27-2)22-20(26)28-18-4-3-17(21)30-18/h3-4,7,13-14H,5-6,8-11H2,1-2H3,(H,22,26)/t13-,14+/m1/s1. The number of carbonyl (C=O) groups excluding carboxylic acids is 2. The molecule has 4 rings (SSSR count). The van der Waals surface area contributed by atoms with Gasteiger partial charge in [-0.3, -0.25) is 4.79 Å². The minimum atomic E-state index is -0.543. The summed E-state index contributed by atoms with van der Waals surface area (Å²) in [7, 11) is 3.72. The predicted octanol–water partition coefficient (Wildman–Crippen LogP) is 3.47. The van der Waals surface area contributed by atoms with Gasteiger partial charge < -0.3 is 24.6 Å². The Balaban J connectivity index is 1.42. The lowest BCUT2D eigenvalue weighted by Crippen LogP contribution is -2.40. The zero-order chi connectivity index (χ0) is 21.3. The molecule has 30 heavy (non-hydrogen) atoms. The second-order valence-electron chi connectivity index (χ2n) is 7.64. The van der Waals surface area contributed by atoms with Crippen molar-refractivity contribution in [1.82, 2.24) is 15.1 Å². The van der Waals surface area contributed by atoms with Crippen molar-refractivity contribution >= 4 is 46.3 Å². The van der Waals surface area contributed by atoms with Gasteiger partial charge in [-0.2, -0.15) is 0 Å². The first-order chi connectivity index (χ1) is 14.4. The molecule has 7 nitrogen and oxygen atoms in total. The van der Waals surface area contributed by atoms with E-state index in [0.717, 1.165) is 24.4 Å². The maximum atomic E-state index is 13.3. The number of nitrogens with zero attached hydrogens (tertiary/aromatic N) is 2. The molecule has 0 unspecified atom stereocenters. The average molecular weight is 470 g/mol. The number of ether oxygens (including phenoxy) is 2. The monoisotopic (exact) mass is 469 g/mol. The van der Waals surface area contributed by atoms with E-state index in [1.807, 2.05) is 11.0 Å². The number of rotatable bonds is 5. The van der Waals surface area contributed by atoms with Gasteiger partial charge in [0.15, 0.2) is 5.06 Å². The number of likely N-dealkylation sites (tertiary alicyclic amines) is 1. The van der Waals surface area contributed by atoms with Gasteiger partial charge in [-0.15, -0.1) is 11.3 Å². The lowest BCUT2D eigenvalue weighted by Gasteiger charge is -2.23. The zero-order valence-electron chi connectivity index (χ0n) is 16.9. The van der Waals surface area contributed by atoms with Crippen molar-refractivity contribution < 1.29 is 19.1 Å². The number of halogens is 1. The summed E-state index contributed by atoms with van der Waals surface area (Å²) in [4.78, 5) is 31.6. The number of methoxy groups -OCH3 is 1. The zero-order valence-corrected chi connectivity index (χ0v) is 19.2. The van der Waals surface area contributed by atoms with Crippen LogP contribution in [0.25, 0.3) is 0 Å². The van der Waals surface area contributed by atoms with Crippen LogP contribution in [0.4, 0.5) is 4.79 Å². The van der Waals surface area contributed by atoms with E-state index in [0.29, 0.717) is 29.0 Å². The minimum Gasteiger partial charge on any atom is -0.399 e. The van der Waals surface area contributed by atoms with E-state index in [9.17, 15) is 9.59 Å². The van der Waals surface area contributed by atoms with Crippen LogP contribution in [-0.4, -0.2) is 67.7 Å². The summed E-state index contributed by atoms with van der Waals surface area (Å²) in [5.74, 6) is 0.00168. The third kappa shape index (κ3) is 4.81. The molecule has 1 fully saturated rings. The Labute approximate surface area is 188 Å². The van der Waals surface area contributed by atoms with Crippen LogP contribution in [0.15, 0.2) is 18.2 Å². The van der Waals surface area contributed by atoms with E-state index in [-0.39, 0.29) is 18.0 Å². The Morgan fingerprint density at radius 1 is 1.33 bits per heavy atom. The summed E-state index contributed by atoms with van der Waals surface area (Å²) in [6.07, 6.45) is 1.05. The molecular formula is C20H24ClN3O4S2. The highest BCUT2D eigenvalue weighted by Gasteiger charge is 2.37. The summed E-state index contributed by atoms with van der Waals surface area (Å²) in [6, 6.07) is 5.08. The van der Waals surface area contributed by atoms with E-state index in [4.69, 9.17) is 21.1 Å². The first kappa shape index (κ1) is 21.6. The highest BCUT2D eigenvalue weighted by atomic mass is 35.5. The van der Waals surface area contributed by atoms with Crippen LogP contribution < -0.4 is 10.1 Å². The van der Waals surface area contributed by atoms with E-state index in [2.05, 4.69) is 17.3 Å². The normalized spacial score (nSPS) is 21.5. The summed E-state index contributed by atoms with van der Waals surface area (Å²) in [6.45, 7) is 2.75. The van der Waals surface area contributed by atoms with Gasteiger partial charge in [0.05, 0.1) is 27.9 Å². The quantitative estimate of drug-likeness (QED) is 0.726. The smallest absolute Gasteiger partial charge is 0.399 e. The molecule has 2 amide bonds. The number of hydrogen-bond acceptors (Lipinski definition) is 7. The molecular weight excluding hydrogens is 446 g/mol. The van der Waals surface area contributed by atoms with E-state index in [1.54, 1.807) is 30.6 Å². The van der Waals surface area contributed by atoms with Crippen molar-refractivity contribution in [3.8, 4) is 5.06 Å². The Bertz CT molecular complexity index is 931. The maximum Gasteiger partial charge on any atom is 0.413 e. The molecule has 0 bridgehead atoms. The fraction of sp³-hybridized carbons (Fsp3) is 0.500. The number of thiophene rings is 2. The number of carbonyl (C=O) groups is 2. The van der Waals surface area contributed by atoms with Gasteiger partial charge in [0.25, 0.3) is 5.91 Å². The lowest BCUT2D eigenvalue weighted by atomic mass is 10.1. The molecule has 0 aromatic carbocycles. The van der Waals surface area contributed by atoms with Gasteiger partial charge in [0, 0.05) is 31.6 Å². The fourth-order valence-corrected chi connectivity index (χ4v) is 6.08. The first-order valence-electron chi connectivity index (χ1n) is 9.76. The van der Waals surface area contributed by atoms with Crippen molar-refractivity contribution in [3.05, 3.63) is 37.9 Å². The molecule has 10 heteroatoms. The number of nitrogens with one attached hydrogen (secondary N) is 1. The van der Waals surface area contributed by atoms with Crippen molar-refractivity contribution in [2.75, 3.05) is 33.9 Å². The molecule has 0 radical (unpaired) electrons. The van der Waals surface area contributed by atoms with Gasteiger partial charge in [0.2, 0.25) is 0 Å². The molecule has 4 heterocycles. The van der Waals surface area contributed by atoms with Crippen molar-refractivity contribution in [3.63, 3.8) is 0 Å². The molecule has 2 atom stereocenters. The summed E-state index contributed by atoms with van der Waals surface area (Å²) in [5.41, 5.74) is 1.27. The highest BCUT2D eigenvalue weighted by molar-refractivity contribution is 7.17. The second kappa shape index (κ2) is 9.23. The van der Waals surface area contributed by atoms with Crippen LogP contribution >= 0.6 is 34.3 Å². The number of likely N-dealkylation sites (N-methyl/N-ethyl adjacent to an activating group) is 1. The van der Waals surface area contributed by atoms with Gasteiger partial charge in [-0.25, -0.2) is 4.79 Å². The minimum absolute atomic E-state index is 0.00168. The molecule has 2 aromatic rings. The molecule has 0 spiro atoms. The molecule has 2 aliphatic rings. The first-order valence-corrected chi connectivity index (χ1v) is 11.8. The molecule has 162 valence electrons. The number of hydrogen-bond donors (Lipinski definition) is 1. The second-order valence-corrected chi connectivity index (χ2v) is 10.5. The third-order valence-corrected chi connectivity index (χ3v) is 7.64. The molecule has 1 N–H and O–H groups in total. The van der Waals surface area contributed by atoms with Crippen molar-refractivity contribution in [2.45, 2.75) is 31.5 Å². The van der Waals surface area contributed by atoms with Crippen LogP contribution in [0, 0.1) is 0 Å². The predicted molar refractivity (Wildman–Crippen MR) is 118 cm³/mol. The average Bonchev–Trinajstić information content (AvgIpc) is 3.40. The number of fused-ring (bicyclic) bond motifs is 1. The van der Waals surface area contributed by atoms with E-state index >= 15 is 0 Å². The van der Waals surface area contributed by atoms with Gasteiger partial charge >= 0.3 is 6.09 Å². The lowest BCUT2D eigenvalue weighted by molar-refractivity contribution is 0.0634. The molecule has 1 saturated heterocycles. The maximum absolute atomic E-state index is 13.3. The highest BCUT2D eigenvalue weighted by Crippen LogP contribution is 2.31. The summed E-state index contributed by atoms with van der Waals surface area (Å²) >= 11 is 8.64. The van der Waals surface area contributed by atoms with Crippen molar-refractivity contribution in [1.29, 1.82) is 0 Å². The topological polar surface area (TPSA) is 71.1 Å². The van der Waals surface area contributed by atoms with Crippen LogP contribution in [0.2, 0.25) is 4.34 Å². The Morgan fingerprint density at radius 2 is 2.17 bits per heavy atom. The van der Waals surface area contributed by atoms with Crippen LogP contribution in [0.1, 0.15) is 26.5 Å². The molecule has 0 saturated carbocycles. The molecule has 0 aliphatic carbocycles. The SMILES string of the molecule is COC[C@@H]1C[C@@H](NC(=O)Oc2ccc(Cl)s2)CN1C(=O)c1cc2c(s1)CN(C)CC2. The van der Waals surface area contributed by atoms with Crippen LogP contribution in [-0.2, 0) is 17.7 Å². The molecule has 2 aliphatic heterocycles. The summed E-state index contributed by atoms with van der Waals surface area (Å²) < 4.78 is 11.2. The van der Waals surface area contributed by atoms with Crippen LogP contribution in [0.5, 0.6) is 5.06 Å².